The number of nitrogens with one attached hydrogen (secondary N) is 1. The number of amides is 2. The van der Waals surface area contributed by atoms with Crippen molar-refractivity contribution in [2.45, 2.75) is 20.0 Å². The van der Waals surface area contributed by atoms with Gasteiger partial charge in [0.2, 0.25) is 0 Å². The van der Waals surface area contributed by atoms with Gasteiger partial charge < -0.3 is 15.8 Å². The number of ether oxygens (including phenoxy) is 1. The third-order valence-electron chi connectivity index (χ3n) is 4.50. The lowest BCUT2D eigenvalue weighted by Gasteiger charge is -2.10. The van der Waals surface area contributed by atoms with E-state index in [1.807, 2.05) is 24.3 Å². The van der Waals surface area contributed by atoms with Crippen molar-refractivity contribution in [3.63, 3.8) is 0 Å². The molecule has 0 radical (unpaired) electrons. The minimum Gasteiger partial charge on any atom is -0.489 e. The number of pyridine rings is 1. The van der Waals surface area contributed by atoms with E-state index in [-0.39, 0.29) is 24.0 Å². The van der Waals surface area contributed by atoms with Crippen LogP contribution in [0.5, 0.6) is 5.75 Å². The van der Waals surface area contributed by atoms with Crippen LogP contribution in [0.1, 0.15) is 37.5 Å². The Bertz CT molecular complexity index is 1070. The zero-order chi connectivity index (χ0) is 21.5. The van der Waals surface area contributed by atoms with Crippen LogP contribution in [0.3, 0.4) is 0 Å². The molecular formula is C23H22FN3O3. The Kier molecular flexibility index (Phi) is 6.75. The summed E-state index contributed by atoms with van der Waals surface area (Å²) < 4.78 is 19.1. The van der Waals surface area contributed by atoms with Crippen LogP contribution in [0.25, 0.3) is 0 Å². The zero-order valence-electron chi connectivity index (χ0n) is 16.5. The lowest BCUT2D eigenvalue weighted by Crippen LogP contribution is -2.25. The third kappa shape index (κ3) is 5.64. The van der Waals surface area contributed by atoms with Crippen molar-refractivity contribution in [1.29, 1.82) is 0 Å². The maximum atomic E-state index is 13.3. The van der Waals surface area contributed by atoms with E-state index in [0.29, 0.717) is 29.8 Å². The Hall–Kier alpha value is -3.74. The molecular weight excluding hydrogens is 385 g/mol. The van der Waals surface area contributed by atoms with Gasteiger partial charge in [-0.25, -0.2) is 4.39 Å². The number of rotatable bonds is 8. The van der Waals surface area contributed by atoms with Gasteiger partial charge in [-0.1, -0.05) is 12.1 Å². The number of aryl methyl sites for hydroxylation is 1. The predicted octanol–water partition coefficient (Wildman–Crippen LogP) is 3.18. The van der Waals surface area contributed by atoms with Crippen LogP contribution in [0.15, 0.2) is 60.8 Å². The summed E-state index contributed by atoms with van der Waals surface area (Å²) in [6.07, 6.45) is 2.13. The first-order chi connectivity index (χ1) is 14.4. The number of primary amides is 1. The molecule has 6 nitrogen and oxygen atoms in total. The van der Waals surface area contributed by atoms with Crippen molar-refractivity contribution in [3.05, 3.63) is 94.6 Å². The molecule has 3 rings (SSSR count). The fraction of sp³-hybridized carbons (Fsp3) is 0.174. The van der Waals surface area contributed by atoms with Crippen molar-refractivity contribution in [2.24, 2.45) is 5.73 Å². The van der Waals surface area contributed by atoms with Crippen molar-refractivity contribution < 1.29 is 18.7 Å². The number of carbonyl (C=O) groups excluding carboxylic acids is 2. The molecule has 0 aliphatic carbocycles. The molecule has 1 heterocycles. The van der Waals surface area contributed by atoms with Crippen molar-refractivity contribution in [3.8, 4) is 5.75 Å². The first-order valence-corrected chi connectivity index (χ1v) is 9.43. The molecule has 0 saturated heterocycles. The van der Waals surface area contributed by atoms with E-state index in [1.165, 1.54) is 24.4 Å². The third-order valence-corrected chi connectivity index (χ3v) is 4.50. The van der Waals surface area contributed by atoms with E-state index in [1.54, 1.807) is 19.1 Å². The summed E-state index contributed by atoms with van der Waals surface area (Å²) >= 11 is 0. The van der Waals surface area contributed by atoms with Crippen LogP contribution < -0.4 is 15.8 Å². The fourth-order valence-corrected chi connectivity index (χ4v) is 2.86. The maximum Gasteiger partial charge on any atom is 0.267 e. The SMILES string of the molecule is Cc1cc(C(=O)NCCc2cccc(OCc3ccnc(C(N)=O)c3)c2)ccc1F. The molecule has 0 fully saturated rings. The van der Waals surface area contributed by atoms with Crippen LogP contribution >= 0.6 is 0 Å². The molecule has 7 heteroatoms. The van der Waals surface area contributed by atoms with Gasteiger partial charge in [0.05, 0.1) is 0 Å². The van der Waals surface area contributed by atoms with E-state index in [9.17, 15) is 14.0 Å². The molecule has 0 spiro atoms. The lowest BCUT2D eigenvalue weighted by atomic mass is 10.1. The van der Waals surface area contributed by atoms with Crippen LogP contribution in [0, 0.1) is 12.7 Å². The first-order valence-electron chi connectivity index (χ1n) is 9.43. The Morgan fingerprint density at radius 3 is 2.70 bits per heavy atom. The van der Waals surface area contributed by atoms with Crippen molar-refractivity contribution >= 4 is 11.8 Å². The van der Waals surface area contributed by atoms with Crippen molar-refractivity contribution in [1.82, 2.24) is 10.3 Å². The number of halogens is 1. The minimum absolute atomic E-state index is 0.192. The van der Waals surface area contributed by atoms with E-state index >= 15 is 0 Å². The Labute approximate surface area is 173 Å². The standard InChI is InChI=1S/C23H22FN3O3/c1-15-11-18(5-6-20(15)24)23(29)27-10-7-16-3-2-4-19(12-16)30-14-17-8-9-26-21(13-17)22(25)28/h2-6,8-9,11-13H,7,10,14H2,1H3,(H2,25,28)(H,27,29). The average molecular weight is 407 g/mol. The fourth-order valence-electron chi connectivity index (χ4n) is 2.86. The van der Waals surface area contributed by atoms with Gasteiger partial charge in [-0.05, 0) is 72.5 Å². The Morgan fingerprint density at radius 1 is 1.10 bits per heavy atom. The number of nitrogens with zero attached hydrogens (tertiary/aromatic N) is 1. The second-order valence-electron chi connectivity index (χ2n) is 6.82. The zero-order valence-corrected chi connectivity index (χ0v) is 16.5. The highest BCUT2D eigenvalue weighted by Crippen LogP contribution is 2.16. The molecule has 1 aromatic heterocycles. The molecule has 3 aromatic rings. The maximum absolute atomic E-state index is 13.3. The Morgan fingerprint density at radius 2 is 1.93 bits per heavy atom. The monoisotopic (exact) mass is 407 g/mol. The summed E-state index contributed by atoms with van der Waals surface area (Å²) in [6, 6.07) is 15.2. The molecule has 2 amide bonds. The van der Waals surface area contributed by atoms with E-state index < -0.39 is 5.91 Å². The smallest absolute Gasteiger partial charge is 0.267 e. The van der Waals surface area contributed by atoms with Gasteiger partial charge in [-0.3, -0.25) is 14.6 Å². The number of hydrogen-bond donors (Lipinski definition) is 2. The highest BCUT2D eigenvalue weighted by atomic mass is 19.1. The Balaban J connectivity index is 1.52. The summed E-state index contributed by atoms with van der Waals surface area (Å²) in [5.41, 5.74) is 8.07. The molecule has 0 aliphatic heterocycles. The summed E-state index contributed by atoms with van der Waals surface area (Å²) in [7, 11) is 0. The van der Waals surface area contributed by atoms with E-state index in [2.05, 4.69) is 10.3 Å². The summed E-state index contributed by atoms with van der Waals surface area (Å²) in [4.78, 5) is 27.3. The first kappa shape index (κ1) is 21.0. The van der Waals surface area contributed by atoms with Crippen molar-refractivity contribution in [2.75, 3.05) is 6.54 Å². The normalized spacial score (nSPS) is 10.5. The molecule has 0 unspecified atom stereocenters. The lowest BCUT2D eigenvalue weighted by molar-refractivity contribution is 0.0952. The molecule has 30 heavy (non-hydrogen) atoms. The molecule has 0 aliphatic rings. The molecule has 0 saturated carbocycles. The largest absolute Gasteiger partial charge is 0.489 e. The van der Waals surface area contributed by atoms with Crippen LogP contribution in [0.2, 0.25) is 0 Å². The minimum atomic E-state index is -0.586. The van der Waals surface area contributed by atoms with E-state index in [0.717, 1.165) is 11.1 Å². The topological polar surface area (TPSA) is 94.3 Å². The quantitative estimate of drug-likeness (QED) is 0.600. The van der Waals surface area contributed by atoms with Crippen LogP contribution in [0.4, 0.5) is 4.39 Å². The molecule has 3 N–H and O–H groups in total. The summed E-state index contributed by atoms with van der Waals surface area (Å²) in [6.45, 7) is 2.33. The van der Waals surface area contributed by atoms with Gasteiger partial charge in [0.25, 0.3) is 11.8 Å². The molecule has 2 aromatic carbocycles. The number of benzene rings is 2. The van der Waals surface area contributed by atoms with E-state index in [4.69, 9.17) is 10.5 Å². The number of aromatic nitrogens is 1. The number of nitrogens with two attached hydrogens (primary N) is 1. The number of carbonyl (C=O) groups is 2. The van der Waals surface area contributed by atoms with Gasteiger partial charge in [-0.15, -0.1) is 0 Å². The van der Waals surface area contributed by atoms with Gasteiger partial charge in [-0.2, -0.15) is 0 Å². The van der Waals surface area contributed by atoms with Gasteiger partial charge in [0, 0.05) is 18.3 Å². The highest BCUT2D eigenvalue weighted by Gasteiger charge is 2.08. The second-order valence-corrected chi connectivity index (χ2v) is 6.82. The molecule has 154 valence electrons. The highest BCUT2D eigenvalue weighted by molar-refractivity contribution is 5.94. The second kappa shape index (κ2) is 9.65. The predicted molar refractivity (Wildman–Crippen MR) is 111 cm³/mol. The molecule has 0 atom stereocenters. The molecule has 0 bridgehead atoms. The number of hydrogen-bond acceptors (Lipinski definition) is 4. The average Bonchev–Trinajstić information content (AvgIpc) is 2.74. The summed E-state index contributed by atoms with van der Waals surface area (Å²) in [5, 5.41) is 2.84. The van der Waals surface area contributed by atoms with Crippen LogP contribution in [-0.4, -0.2) is 23.3 Å². The van der Waals surface area contributed by atoms with Gasteiger partial charge >= 0.3 is 0 Å². The van der Waals surface area contributed by atoms with Gasteiger partial charge in [0.1, 0.15) is 23.9 Å². The van der Waals surface area contributed by atoms with Crippen LogP contribution in [-0.2, 0) is 13.0 Å². The summed E-state index contributed by atoms with van der Waals surface area (Å²) in [5.74, 6) is -0.489. The van der Waals surface area contributed by atoms with Gasteiger partial charge in [0.15, 0.2) is 0 Å².